The van der Waals surface area contributed by atoms with Gasteiger partial charge < -0.3 is 19.4 Å². The summed E-state index contributed by atoms with van der Waals surface area (Å²) in [7, 11) is 1.37. The molecule has 9 heteroatoms. The quantitative estimate of drug-likeness (QED) is 0.655. The second-order valence-corrected chi connectivity index (χ2v) is 7.14. The summed E-state index contributed by atoms with van der Waals surface area (Å²) in [6.07, 6.45) is -1.75. The number of nitrogens with one attached hydrogen (secondary N) is 1. The van der Waals surface area contributed by atoms with Gasteiger partial charge in [-0.3, -0.25) is 4.79 Å². The molecule has 2 aromatic heterocycles. The van der Waals surface area contributed by atoms with E-state index in [1.807, 2.05) is 26.0 Å². The van der Waals surface area contributed by atoms with Crippen molar-refractivity contribution >= 4 is 16.9 Å². The Labute approximate surface area is 165 Å². The van der Waals surface area contributed by atoms with Crippen molar-refractivity contribution in [2.75, 3.05) is 6.54 Å². The number of amides is 1. The number of alkyl halides is 3. The Hall–Kier alpha value is -2.81. The van der Waals surface area contributed by atoms with E-state index in [4.69, 9.17) is 4.42 Å². The van der Waals surface area contributed by atoms with Crippen molar-refractivity contribution in [2.45, 2.75) is 38.5 Å². The third kappa shape index (κ3) is 3.87. The lowest BCUT2D eigenvalue weighted by molar-refractivity contribution is -0.272. The smallest absolute Gasteiger partial charge is 0.424 e. The summed E-state index contributed by atoms with van der Waals surface area (Å²) in [5.41, 5.74) is 0.211. The number of carbonyl (C=O) groups is 1. The van der Waals surface area contributed by atoms with E-state index < -0.39 is 29.9 Å². The van der Waals surface area contributed by atoms with E-state index in [1.165, 1.54) is 25.7 Å². The molecular formula is C20H22F3N3O3. The maximum atomic E-state index is 13.5. The fourth-order valence-electron chi connectivity index (χ4n) is 3.29. The van der Waals surface area contributed by atoms with Gasteiger partial charge in [-0.05, 0) is 25.0 Å². The second-order valence-electron chi connectivity index (χ2n) is 7.14. The van der Waals surface area contributed by atoms with Crippen LogP contribution in [0.3, 0.4) is 0 Å². The van der Waals surface area contributed by atoms with Gasteiger partial charge in [0.25, 0.3) is 0 Å². The fourth-order valence-corrected chi connectivity index (χ4v) is 3.29. The molecule has 0 saturated heterocycles. The van der Waals surface area contributed by atoms with Gasteiger partial charge in [-0.15, -0.1) is 0 Å². The molecular weight excluding hydrogens is 387 g/mol. The number of aryl methyl sites for hydroxylation is 3. The van der Waals surface area contributed by atoms with Crippen LogP contribution in [0.15, 0.2) is 35.2 Å². The molecule has 0 fully saturated rings. The number of imidazole rings is 1. The van der Waals surface area contributed by atoms with Crippen LogP contribution in [0.2, 0.25) is 0 Å². The summed E-state index contributed by atoms with van der Waals surface area (Å²) in [6, 6.07) is 3.78. The molecule has 6 nitrogen and oxygen atoms in total. The Balaban J connectivity index is 1.68. The molecule has 3 rings (SSSR count). The van der Waals surface area contributed by atoms with E-state index in [2.05, 4.69) is 10.3 Å². The highest BCUT2D eigenvalue weighted by Crippen LogP contribution is 2.40. The summed E-state index contributed by atoms with van der Waals surface area (Å²) in [5, 5.41) is 13.5. The Morgan fingerprint density at radius 3 is 2.66 bits per heavy atom. The molecule has 156 valence electrons. The lowest BCUT2D eigenvalue weighted by Crippen LogP contribution is -2.46. The number of nitrogens with zero attached hydrogens (tertiary/aromatic N) is 2. The van der Waals surface area contributed by atoms with Crippen molar-refractivity contribution in [3.8, 4) is 0 Å². The number of aliphatic hydroxyl groups is 1. The van der Waals surface area contributed by atoms with E-state index in [0.29, 0.717) is 11.1 Å². The third-order valence-electron chi connectivity index (χ3n) is 5.16. The summed E-state index contributed by atoms with van der Waals surface area (Å²) in [6.45, 7) is 3.50. The minimum atomic E-state index is -4.94. The van der Waals surface area contributed by atoms with Gasteiger partial charge in [0.05, 0.1) is 12.7 Å². The van der Waals surface area contributed by atoms with Crippen LogP contribution in [0, 0.1) is 13.8 Å². The van der Waals surface area contributed by atoms with Gasteiger partial charge in [-0.25, -0.2) is 4.98 Å². The highest BCUT2D eigenvalue weighted by Gasteiger charge is 2.57. The maximum Gasteiger partial charge on any atom is 0.424 e. The van der Waals surface area contributed by atoms with Crippen molar-refractivity contribution in [2.24, 2.45) is 7.05 Å². The van der Waals surface area contributed by atoms with E-state index in [9.17, 15) is 23.1 Å². The first-order valence-corrected chi connectivity index (χ1v) is 9.04. The summed E-state index contributed by atoms with van der Waals surface area (Å²) >= 11 is 0. The number of halogens is 3. The van der Waals surface area contributed by atoms with Crippen molar-refractivity contribution in [3.63, 3.8) is 0 Å². The Morgan fingerprint density at radius 1 is 1.31 bits per heavy atom. The highest BCUT2D eigenvalue weighted by molar-refractivity contribution is 5.89. The number of benzene rings is 1. The van der Waals surface area contributed by atoms with Crippen LogP contribution < -0.4 is 5.32 Å². The summed E-state index contributed by atoms with van der Waals surface area (Å²) in [4.78, 5) is 15.9. The molecule has 0 aliphatic heterocycles. The zero-order chi connectivity index (χ0) is 21.4. The zero-order valence-corrected chi connectivity index (χ0v) is 16.3. The van der Waals surface area contributed by atoms with Crippen LogP contribution in [0.5, 0.6) is 0 Å². The number of rotatable bonds is 6. The minimum absolute atomic E-state index is 0.0393. The molecule has 3 aromatic rings. The van der Waals surface area contributed by atoms with Crippen molar-refractivity contribution in [1.82, 2.24) is 14.9 Å². The van der Waals surface area contributed by atoms with E-state index in [0.717, 1.165) is 21.1 Å². The average Bonchev–Trinajstić information content (AvgIpc) is 3.24. The average molecular weight is 409 g/mol. The van der Waals surface area contributed by atoms with Crippen LogP contribution in [0.4, 0.5) is 13.2 Å². The summed E-state index contributed by atoms with van der Waals surface area (Å²) in [5.74, 6) is -0.985. The van der Waals surface area contributed by atoms with E-state index in [1.54, 1.807) is 0 Å². The van der Waals surface area contributed by atoms with Crippen LogP contribution >= 0.6 is 0 Å². The fraction of sp³-hybridized carbons (Fsp3) is 0.400. The molecule has 1 aromatic carbocycles. The first-order valence-electron chi connectivity index (χ1n) is 9.04. The van der Waals surface area contributed by atoms with Gasteiger partial charge in [0.1, 0.15) is 11.4 Å². The molecule has 0 bridgehead atoms. The molecule has 0 spiro atoms. The largest absolute Gasteiger partial charge is 0.464 e. The number of fused-ring (bicyclic) bond motifs is 1. The number of carbonyl (C=O) groups excluding carboxylic acids is 1. The van der Waals surface area contributed by atoms with Gasteiger partial charge >= 0.3 is 6.18 Å². The molecule has 0 saturated carbocycles. The topological polar surface area (TPSA) is 80.3 Å². The number of furan rings is 1. The molecule has 2 heterocycles. The molecule has 29 heavy (non-hydrogen) atoms. The van der Waals surface area contributed by atoms with Crippen molar-refractivity contribution in [1.29, 1.82) is 0 Å². The number of hydrogen-bond donors (Lipinski definition) is 2. The zero-order valence-electron chi connectivity index (χ0n) is 16.3. The van der Waals surface area contributed by atoms with Gasteiger partial charge in [-0.2, -0.15) is 13.2 Å². The van der Waals surface area contributed by atoms with Gasteiger partial charge in [0, 0.05) is 43.4 Å². The minimum Gasteiger partial charge on any atom is -0.464 e. The lowest BCUT2D eigenvalue weighted by Gasteiger charge is -2.29. The first-order chi connectivity index (χ1) is 13.5. The molecule has 0 aliphatic carbocycles. The van der Waals surface area contributed by atoms with Crippen LogP contribution in [-0.4, -0.2) is 33.3 Å². The molecule has 0 aliphatic rings. The number of hydrogen-bond acceptors (Lipinski definition) is 4. The second kappa shape index (κ2) is 7.55. The Kier molecular flexibility index (Phi) is 5.44. The highest BCUT2D eigenvalue weighted by atomic mass is 19.4. The maximum absolute atomic E-state index is 13.5. The SMILES string of the molecule is Cc1ccc2c(CC(=O)NCCC(O)(c3nccn3C)C(F)(F)F)coc2c1C. The van der Waals surface area contributed by atoms with Crippen molar-refractivity contribution in [3.05, 3.63) is 53.3 Å². The third-order valence-corrected chi connectivity index (χ3v) is 5.16. The van der Waals surface area contributed by atoms with Gasteiger partial charge in [0.2, 0.25) is 11.5 Å². The molecule has 2 N–H and O–H groups in total. The van der Waals surface area contributed by atoms with Crippen LogP contribution in [-0.2, 0) is 23.9 Å². The molecule has 1 unspecified atom stereocenters. The molecule has 1 atom stereocenters. The Bertz CT molecular complexity index is 1040. The van der Waals surface area contributed by atoms with E-state index >= 15 is 0 Å². The van der Waals surface area contributed by atoms with Gasteiger partial charge in [0.15, 0.2) is 0 Å². The Morgan fingerprint density at radius 2 is 2.03 bits per heavy atom. The summed E-state index contributed by atoms with van der Waals surface area (Å²) < 4.78 is 47.1. The first kappa shape index (κ1) is 20.9. The lowest BCUT2D eigenvalue weighted by atomic mass is 9.97. The predicted molar refractivity (Wildman–Crippen MR) is 100 cm³/mol. The standard InChI is InChI=1S/C20H22F3N3O3/c1-12-4-5-15-14(11-29-17(15)13(12)2)10-16(27)24-7-6-19(28,20(21,22)23)18-25-8-9-26(18)3/h4-5,8-9,11,28H,6-7,10H2,1-3H3,(H,24,27). The van der Waals surface area contributed by atoms with Crippen LogP contribution in [0.25, 0.3) is 11.0 Å². The van der Waals surface area contributed by atoms with Crippen molar-refractivity contribution < 1.29 is 27.5 Å². The predicted octanol–water partition coefficient (Wildman–Crippen LogP) is 3.28. The monoisotopic (exact) mass is 409 g/mol. The molecule has 0 radical (unpaired) electrons. The number of aromatic nitrogens is 2. The van der Waals surface area contributed by atoms with Gasteiger partial charge in [-0.1, -0.05) is 12.1 Å². The molecule has 1 amide bonds. The van der Waals surface area contributed by atoms with E-state index in [-0.39, 0.29) is 13.0 Å². The van der Waals surface area contributed by atoms with Crippen LogP contribution in [0.1, 0.15) is 28.9 Å². The normalized spacial score (nSPS) is 14.2.